The molecule has 46 valence electrons. The Labute approximate surface area is 49.7 Å². The molecule has 0 unspecified atom stereocenters. The van der Waals surface area contributed by atoms with Gasteiger partial charge in [-0.3, -0.25) is 4.99 Å². The second-order valence-corrected chi connectivity index (χ2v) is 2.02. The van der Waals surface area contributed by atoms with Crippen LogP contribution in [-0.2, 0) is 10.7 Å². The predicted molar refractivity (Wildman–Crippen MR) is 33.9 cm³/mol. The fraction of sp³-hybridized carbons (Fsp3) is 0.250. The van der Waals surface area contributed by atoms with E-state index in [-0.39, 0.29) is 5.04 Å². The average molecular weight is 133 g/mol. The zero-order chi connectivity index (χ0) is 6.57. The van der Waals surface area contributed by atoms with E-state index >= 15 is 0 Å². The zero-order valence-corrected chi connectivity index (χ0v) is 5.39. The molecule has 0 bridgehead atoms. The Balaban J connectivity index is 4.37. The molecule has 0 aromatic rings. The van der Waals surface area contributed by atoms with Crippen molar-refractivity contribution in [3.8, 4) is 0 Å². The van der Waals surface area contributed by atoms with Crippen molar-refractivity contribution in [1.29, 1.82) is 0 Å². The Hall–Kier alpha value is -0.640. The van der Waals surface area contributed by atoms with Gasteiger partial charge in [-0.1, -0.05) is 6.58 Å². The molecule has 0 aromatic carbocycles. The van der Waals surface area contributed by atoms with E-state index < -0.39 is 10.7 Å². The van der Waals surface area contributed by atoms with Gasteiger partial charge >= 0.3 is 0 Å². The standard InChI is InChI=1S/C4H7NO2S/c1-3-4(5-2)8(6)7/h3,8H,1H2,2H3/b5-4+. The number of aliphatic imine (C=N–C) groups is 1. The molecule has 0 spiro atoms. The summed E-state index contributed by atoms with van der Waals surface area (Å²) < 4.78 is 20.0. The monoisotopic (exact) mass is 133 g/mol. The van der Waals surface area contributed by atoms with E-state index in [1.807, 2.05) is 0 Å². The highest BCUT2D eigenvalue weighted by atomic mass is 32.2. The lowest BCUT2D eigenvalue weighted by atomic mass is 10.7. The van der Waals surface area contributed by atoms with E-state index in [1.54, 1.807) is 0 Å². The number of nitrogens with zero attached hydrogens (tertiary/aromatic N) is 1. The van der Waals surface area contributed by atoms with Crippen LogP contribution >= 0.6 is 0 Å². The van der Waals surface area contributed by atoms with Crippen molar-refractivity contribution in [1.82, 2.24) is 0 Å². The van der Waals surface area contributed by atoms with Crippen LogP contribution in [0.3, 0.4) is 0 Å². The zero-order valence-electron chi connectivity index (χ0n) is 4.50. The van der Waals surface area contributed by atoms with Crippen molar-refractivity contribution in [2.24, 2.45) is 4.99 Å². The lowest BCUT2D eigenvalue weighted by Crippen LogP contribution is -1.92. The van der Waals surface area contributed by atoms with Gasteiger partial charge in [0.15, 0.2) is 10.7 Å². The molecule has 4 heteroatoms. The molecule has 0 radical (unpaired) electrons. The summed E-state index contributed by atoms with van der Waals surface area (Å²) >= 11 is 0. The van der Waals surface area contributed by atoms with Crippen molar-refractivity contribution in [2.45, 2.75) is 0 Å². The summed E-state index contributed by atoms with van der Waals surface area (Å²) in [7, 11) is -1.13. The summed E-state index contributed by atoms with van der Waals surface area (Å²) in [6.07, 6.45) is 1.20. The maximum atomic E-state index is 10.00. The van der Waals surface area contributed by atoms with Crippen molar-refractivity contribution < 1.29 is 8.42 Å². The maximum absolute atomic E-state index is 10.00. The first kappa shape index (κ1) is 7.36. The average Bonchev–Trinajstić information content (AvgIpc) is 1.69. The van der Waals surface area contributed by atoms with Crippen LogP contribution in [0.5, 0.6) is 0 Å². The van der Waals surface area contributed by atoms with Gasteiger partial charge in [-0.25, -0.2) is 8.42 Å². The molecule has 0 atom stereocenters. The molecule has 0 N–H and O–H groups in total. The SMILES string of the molecule is C=C/C(=N\C)[SH](=O)=O. The molecule has 0 aliphatic carbocycles. The quantitative estimate of drug-likeness (QED) is 0.306. The van der Waals surface area contributed by atoms with Gasteiger partial charge in [0.2, 0.25) is 0 Å². The van der Waals surface area contributed by atoms with E-state index in [1.165, 1.54) is 13.1 Å². The molecule has 3 nitrogen and oxygen atoms in total. The molecular weight excluding hydrogens is 126 g/mol. The molecule has 0 saturated carbocycles. The minimum absolute atomic E-state index is 0.0278. The lowest BCUT2D eigenvalue weighted by Gasteiger charge is -1.79. The molecule has 0 saturated heterocycles. The minimum atomic E-state index is -2.53. The van der Waals surface area contributed by atoms with Crippen LogP contribution in [0.15, 0.2) is 17.6 Å². The Bertz CT molecular complexity index is 172. The summed E-state index contributed by atoms with van der Waals surface area (Å²) in [6.45, 7) is 3.24. The third-order valence-electron chi connectivity index (χ3n) is 0.599. The predicted octanol–water partition coefficient (Wildman–Crippen LogP) is -0.188. The Kier molecular flexibility index (Phi) is 3.10. The van der Waals surface area contributed by atoms with Crippen LogP contribution in [0.1, 0.15) is 0 Å². The third-order valence-corrected chi connectivity index (χ3v) is 1.36. The minimum Gasteiger partial charge on any atom is -0.277 e. The number of thiol groups is 1. The van der Waals surface area contributed by atoms with E-state index in [0.717, 1.165) is 0 Å². The van der Waals surface area contributed by atoms with Gasteiger partial charge in [-0.15, -0.1) is 0 Å². The second-order valence-electron chi connectivity index (χ2n) is 1.04. The molecule has 0 aliphatic rings. The highest BCUT2D eigenvalue weighted by Crippen LogP contribution is 1.76. The van der Waals surface area contributed by atoms with E-state index in [2.05, 4.69) is 11.6 Å². The molecule has 8 heavy (non-hydrogen) atoms. The van der Waals surface area contributed by atoms with Gasteiger partial charge in [-0.05, 0) is 6.08 Å². The molecule has 0 rings (SSSR count). The summed E-state index contributed by atoms with van der Waals surface area (Å²) in [5.41, 5.74) is 0. The van der Waals surface area contributed by atoms with Gasteiger partial charge in [0.25, 0.3) is 0 Å². The molecule has 0 aliphatic heterocycles. The van der Waals surface area contributed by atoms with E-state index in [9.17, 15) is 8.42 Å². The Morgan fingerprint density at radius 2 is 2.25 bits per heavy atom. The fourth-order valence-corrected chi connectivity index (χ4v) is 0.560. The van der Waals surface area contributed by atoms with E-state index in [4.69, 9.17) is 0 Å². The highest BCUT2D eigenvalue weighted by molar-refractivity contribution is 7.90. The summed E-state index contributed by atoms with van der Waals surface area (Å²) in [4.78, 5) is 3.41. The maximum Gasteiger partial charge on any atom is 0.185 e. The van der Waals surface area contributed by atoms with Crippen molar-refractivity contribution in [3.63, 3.8) is 0 Å². The van der Waals surface area contributed by atoms with Gasteiger partial charge in [-0.2, -0.15) is 0 Å². The first-order valence-electron chi connectivity index (χ1n) is 1.96. The van der Waals surface area contributed by atoms with Crippen LogP contribution in [0.2, 0.25) is 0 Å². The summed E-state index contributed by atoms with van der Waals surface area (Å²) in [5, 5.41) is 0.0278. The third kappa shape index (κ3) is 1.88. The van der Waals surface area contributed by atoms with Crippen molar-refractivity contribution in [3.05, 3.63) is 12.7 Å². The van der Waals surface area contributed by atoms with Crippen molar-refractivity contribution >= 4 is 15.7 Å². The largest absolute Gasteiger partial charge is 0.277 e. The first-order chi connectivity index (χ1) is 3.72. The smallest absolute Gasteiger partial charge is 0.185 e. The summed E-state index contributed by atoms with van der Waals surface area (Å²) in [6, 6.07) is 0. The lowest BCUT2D eigenvalue weighted by molar-refractivity contribution is 0.624. The van der Waals surface area contributed by atoms with Gasteiger partial charge in [0.05, 0.1) is 0 Å². The highest BCUT2D eigenvalue weighted by Gasteiger charge is 1.88. The molecule has 0 amide bonds. The van der Waals surface area contributed by atoms with Crippen LogP contribution in [0, 0.1) is 0 Å². The fourth-order valence-electron chi connectivity index (χ4n) is 0.247. The van der Waals surface area contributed by atoms with Crippen LogP contribution < -0.4 is 0 Å². The Morgan fingerprint density at radius 3 is 2.25 bits per heavy atom. The second kappa shape index (κ2) is 3.37. The number of hydrogen-bond acceptors (Lipinski definition) is 3. The van der Waals surface area contributed by atoms with Gasteiger partial charge < -0.3 is 0 Å². The van der Waals surface area contributed by atoms with Gasteiger partial charge in [0, 0.05) is 7.05 Å². The van der Waals surface area contributed by atoms with Gasteiger partial charge in [0.1, 0.15) is 5.04 Å². The summed E-state index contributed by atoms with van der Waals surface area (Å²) in [5.74, 6) is 0. The molecule has 0 heterocycles. The van der Waals surface area contributed by atoms with Crippen molar-refractivity contribution in [2.75, 3.05) is 7.05 Å². The topological polar surface area (TPSA) is 46.5 Å². The molecule has 0 fully saturated rings. The van der Waals surface area contributed by atoms with Crippen LogP contribution in [0.4, 0.5) is 0 Å². The van der Waals surface area contributed by atoms with Crippen LogP contribution in [0.25, 0.3) is 0 Å². The molecule has 0 aromatic heterocycles. The first-order valence-corrected chi connectivity index (χ1v) is 3.13. The Morgan fingerprint density at radius 1 is 1.75 bits per heavy atom. The van der Waals surface area contributed by atoms with E-state index in [0.29, 0.717) is 0 Å². The number of rotatable bonds is 1. The van der Waals surface area contributed by atoms with Crippen LogP contribution in [-0.4, -0.2) is 20.5 Å². The molecular formula is C4H7NO2S. The normalized spacial score (nSPS) is 12.0. The number of hydrogen-bond donors (Lipinski definition) is 1.